The van der Waals surface area contributed by atoms with Crippen molar-refractivity contribution in [3.05, 3.63) is 21.4 Å². The van der Waals surface area contributed by atoms with Crippen LogP contribution in [0.2, 0.25) is 0 Å². The van der Waals surface area contributed by atoms with Crippen molar-refractivity contribution >= 4 is 17.2 Å². The van der Waals surface area contributed by atoms with Gasteiger partial charge in [0.25, 0.3) is 0 Å². The lowest BCUT2D eigenvalue weighted by Gasteiger charge is -2.18. The highest BCUT2D eigenvalue weighted by Crippen LogP contribution is 2.22. The molecule has 0 aliphatic carbocycles. The van der Waals surface area contributed by atoms with Gasteiger partial charge in [-0.2, -0.15) is 0 Å². The van der Waals surface area contributed by atoms with Crippen molar-refractivity contribution in [2.24, 2.45) is 5.73 Å². The SMILES string of the molecule is Cc1cc(CCCC(=O)NCC(C)(C)N)c(C)s1. The molecule has 0 fully saturated rings. The van der Waals surface area contributed by atoms with Gasteiger partial charge in [0.2, 0.25) is 5.91 Å². The summed E-state index contributed by atoms with van der Waals surface area (Å²) in [7, 11) is 0. The number of rotatable bonds is 6. The summed E-state index contributed by atoms with van der Waals surface area (Å²) < 4.78 is 0. The van der Waals surface area contributed by atoms with Crippen LogP contribution in [0.1, 0.15) is 42.0 Å². The fourth-order valence-corrected chi connectivity index (χ4v) is 2.76. The predicted molar refractivity (Wildman–Crippen MR) is 78.0 cm³/mol. The number of amides is 1. The molecular formula is C14H24N2OS. The summed E-state index contributed by atoms with van der Waals surface area (Å²) in [5.41, 5.74) is 6.86. The van der Waals surface area contributed by atoms with Crippen LogP contribution in [0.5, 0.6) is 0 Å². The standard InChI is InChI=1S/C14H24N2OS/c1-10-8-12(11(2)18-10)6-5-7-13(17)16-9-14(3,4)15/h8H,5-7,9,15H2,1-4H3,(H,16,17). The molecule has 1 aromatic heterocycles. The minimum Gasteiger partial charge on any atom is -0.354 e. The molecule has 0 bridgehead atoms. The van der Waals surface area contributed by atoms with Gasteiger partial charge in [0.1, 0.15) is 0 Å². The van der Waals surface area contributed by atoms with Crippen LogP contribution in [0.15, 0.2) is 6.07 Å². The second-order valence-corrected chi connectivity index (χ2v) is 7.02. The van der Waals surface area contributed by atoms with Crippen molar-refractivity contribution in [1.29, 1.82) is 0 Å². The third-order valence-corrected chi connectivity index (χ3v) is 3.74. The van der Waals surface area contributed by atoms with Crippen LogP contribution in [-0.2, 0) is 11.2 Å². The predicted octanol–water partition coefficient (Wildman–Crippen LogP) is 2.54. The zero-order valence-electron chi connectivity index (χ0n) is 11.8. The molecule has 1 amide bonds. The Hall–Kier alpha value is -0.870. The number of carbonyl (C=O) groups excluding carboxylic acids is 1. The monoisotopic (exact) mass is 268 g/mol. The molecule has 0 saturated carbocycles. The van der Waals surface area contributed by atoms with E-state index in [1.165, 1.54) is 15.3 Å². The lowest BCUT2D eigenvalue weighted by atomic mass is 10.1. The second kappa shape index (κ2) is 6.34. The smallest absolute Gasteiger partial charge is 0.220 e. The maximum absolute atomic E-state index is 11.6. The van der Waals surface area contributed by atoms with E-state index in [1.807, 2.05) is 25.2 Å². The molecule has 4 heteroatoms. The number of carbonyl (C=O) groups is 1. The molecule has 0 spiro atoms. The average molecular weight is 268 g/mol. The topological polar surface area (TPSA) is 55.1 Å². The number of nitrogens with one attached hydrogen (secondary N) is 1. The highest BCUT2D eigenvalue weighted by Gasteiger charge is 2.12. The average Bonchev–Trinajstić information content (AvgIpc) is 2.54. The number of hydrogen-bond donors (Lipinski definition) is 2. The number of nitrogens with two attached hydrogens (primary N) is 1. The fraction of sp³-hybridized carbons (Fsp3) is 0.643. The van der Waals surface area contributed by atoms with Gasteiger partial charge in [-0.1, -0.05) is 0 Å². The minimum absolute atomic E-state index is 0.0955. The van der Waals surface area contributed by atoms with Gasteiger partial charge >= 0.3 is 0 Å². The van der Waals surface area contributed by atoms with Crippen molar-refractivity contribution < 1.29 is 4.79 Å². The van der Waals surface area contributed by atoms with Crippen molar-refractivity contribution in [1.82, 2.24) is 5.32 Å². The van der Waals surface area contributed by atoms with E-state index in [-0.39, 0.29) is 11.4 Å². The van der Waals surface area contributed by atoms with Gasteiger partial charge in [0.15, 0.2) is 0 Å². The molecule has 3 nitrogen and oxygen atoms in total. The molecule has 0 aliphatic heterocycles. The Labute approximate surface area is 114 Å². The molecule has 3 N–H and O–H groups in total. The maximum atomic E-state index is 11.6. The molecule has 0 saturated heterocycles. The summed E-state index contributed by atoms with van der Waals surface area (Å²) in [6, 6.07) is 2.22. The lowest BCUT2D eigenvalue weighted by Crippen LogP contribution is -2.45. The fourth-order valence-electron chi connectivity index (χ4n) is 1.79. The van der Waals surface area contributed by atoms with Gasteiger partial charge < -0.3 is 11.1 Å². The Balaban J connectivity index is 2.26. The molecule has 0 unspecified atom stereocenters. The summed E-state index contributed by atoms with van der Waals surface area (Å²) in [4.78, 5) is 14.3. The van der Waals surface area contributed by atoms with Gasteiger partial charge in [-0.25, -0.2) is 0 Å². The molecule has 18 heavy (non-hydrogen) atoms. The molecule has 1 rings (SSSR count). The first kappa shape index (κ1) is 15.2. The zero-order valence-corrected chi connectivity index (χ0v) is 12.6. The van der Waals surface area contributed by atoms with Crippen LogP contribution in [0.25, 0.3) is 0 Å². The first-order chi connectivity index (χ1) is 8.28. The number of hydrogen-bond acceptors (Lipinski definition) is 3. The van der Waals surface area contributed by atoms with Gasteiger partial charge in [0, 0.05) is 28.3 Å². The molecular weight excluding hydrogens is 244 g/mol. The molecule has 0 radical (unpaired) electrons. The highest BCUT2D eigenvalue weighted by molar-refractivity contribution is 7.12. The van der Waals surface area contributed by atoms with Gasteiger partial charge in [0.05, 0.1) is 0 Å². The first-order valence-electron chi connectivity index (χ1n) is 6.39. The Morgan fingerprint density at radius 2 is 2.11 bits per heavy atom. The van der Waals surface area contributed by atoms with Crippen LogP contribution < -0.4 is 11.1 Å². The van der Waals surface area contributed by atoms with Crippen LogP contribution in [0, 0.1) is 13.8 Å². The minimum atomic E-state index is -0.337. The van der Waals surface area contributed by atoms with E-state index >= 15 is 0 Å². The zero-order chi connectivity index (χ0) is 13.8. The highest BCUT2D eigenvalue weighted by atomic mass is 32.1. The Morgan fingerprint density at radius 3 is 2.61 bits per heavy atom. The number of aryl methyl sites for hydroxylation is 3. The van der Waals surface area contributed by atoms with Crippen LogP contribution in [-0.4, -0.2) is 18.0 Å². The van der Waals surface area contributed by atoms with Gasteiger partial charge in [-0.05, 0) is 52.2 Å². The first-order valence-corrected chi connectivity index (χ1v) is 7.21. The van der Waals surface area contributed by atoms with E-state index in [4.69, 9.17) is 5.73 Å². The number of thiophene rings is 1. The molecule has 0 atom stereocenters. The summed E-state index contributed by atoms with van der Waals surface area (Å²) in [5, 5.41) is 2.87. The largest absolute Gasteiger partial charge is 0.354 e. The normalized spacial score (nSPS) is 11.6. The third kappa shape index (κ3) is 5.65. The second-order valence-electron chi connectivity index (χ2n) is 5.56. The van der Waals surface area contributed by atoms with Crippen LogP contribution in [0.3, 0.4) is 0 Å². The molecule has 1 aromatic rings. The summed E-state index contributed by atoms with van der Waals surface area (Å²) in [5.74, 6) is 0.0955. The molecule has 1 heterocycles. The maximum Gasteiger partial charge on any atom is 0.220 e. The molecule has 0 aliphatic rings. The lowest BCUT2D eigenvalue weighted by molar-refractivity contribution is -0.121. The van der Waals surface area contributed by atoms with E-state index in [2.05, 4.69) is 25.2 Å². The van der Waals surface area contributed by atoms with Crippen molar-refractivity contribution in [3.63, 3.8) is 0 Å². The van der Waals surface area contributed by atoms with E-state index in [0.717, 1.165) is 12.8 Å². The van der Waals surface area contributed by atoms with Crippen LogP contribution in [0.4, 0.5) is 0 Å². The summed E-state index contributed by atoms with van der Waals surface area (Å²) >= 11 is 1.82. The van der Waals surface area contributed by atoms with E-state index in [1.54, 1.807) is 0 Å². The molecule has 0 aromatic carbocycles. The van der Waals surface area contributed by atoms with Gasteiger partial charge in [-0.15, -0.1) is 11.3 Å². The van der Waals surface area contributed by atoms with Crippen molar-refractivity contribution in [2.45, 2.75) is 52.5 Å². The Kier molecular flexibility index (Phi) is 5.35. The van der Waals surface area contributed by atoms with Crippen molar-refractivity contribution in [3.8, 4) is 0 Å². The third-order valence-electron chi connectivity index (χ3n) is 2.73. The Bertz CT molecular complexity index is 404. The van der Waals surface area contributed by atoms with E-state index in [0.29, 0.717) is 13.0 Å². The summed E-state index contributed by atoms with van der Waals surface area (Å²) in [6.45, 7) is 8.61. The summed E-state index contributed by atoms with van der Waals surface area (Å²) in [6.07, 6.45) is 2.45. The van der Waals surface area contributed by atoms with E-state index in [9.17, 15) is 4.79 Å². The van der Waals surface area contributed by atoms with E-state index < -0.39 is 0 Å². The van der Waals surface area contributed by atoms with Gasteiger partial charge in [-0.3, -0.25) is 4.79 Å². The van der Waals surface area contributed by atoms with Crippen molar-refractivity contribution in [2.75, 3.05) is 6.54 Å². The molecule has 102 valence electrons. The van der Waals surface area contributed by atoms with Crippen LogP contribution >= 0.6 is 11.3 Å². The quantitative estimate of drug-likeness (QED) is 0.833. The Morgan fingerprint density at radius 1 is 1.44 bits per heavy atom.